The average molecular weight is 390 g/mol. The van der Waals surface area contributed by atoms with E-state index in [1.807, 2.05) is 6.26 Å². The molecular weight excluding hydrogens is 367 g/mol. The van der Waals surface area contributed by atoms with Crippen molar-refractivity contribution in [1.29, 1.82) is 0 Å². The average Bonchev–Trinajstić information content (AvgIpc) is 2.67. The molecule has 0 spiro atoms. The van der Waals surface area contributed by atoms with Crippen molar-refractivity contribution in [3.05, 3.63) is 75.6 Å². The summed E-state index contributed by atoms with van der Waals surface area (Å²) < 4.78 is 13.0. The highest BCUT2D eigenvalue weighted by Gasteiger charge is 2.04. The van der Waals surface area contributed by atoms with Crippen LogP contribution in [0.15, 0.2) is 53.5 Å². The van der Waals surface area contributed by atoms with Gasteiger partial charge >= 0.3 is 0 Å². The number of thioether (sulfide) groups is 1. The van der Waals surface area contributed by atoms with E-state index in [0.717, 1.165) is 29.8 Å². The summed E-state index contributed by atoms with van der Waals surface area (Å²) >= 11 is 1.74. The highest BCUT2D eigenvalue weighted by Crippen LogP contribution is 2.12. The SMILES string of the molecule is CSCCNC(=NCc1ccc([N+](=O)[O-])cc1)NCCc1ccc(F)cc1. The summed E-state index contributed by atoms with van der Waals surface area (Å²) in [5, 5.41) is 17.2. The smallest absolute Gasteiger partial charge is 0.269 e. The first-order valence-electron chi connectivity index (χ1n) is 8.57. The molecule has 0 aliphatic rings. The summed E-state index contributed by atoms with van der Waals surface area (Å²) in [5.74, 6) is 1.40. The van der Waals surface area contributed by atoms with Crippen LogP contribution in [0.2, 0.25) is 0 Å². The lowest BCUT2D eigenvalue weighted by Crippen LogP contribution is -2.39. The zero-order valence-electron chi connectivity index (χ0n) is 15.2. The first-order chi connectivity index (χ1) is 13.1. The van der Waals surface area contributed by atoms with Crippen molar-refractivity contribution >= 4 is 23.4 Å². The van der Waals surface area contributed by atoms with Gasteiger partial charge in [0.25, 0.3) is 5.69 Å². The summed E-state index contributed by atoms with van der Waals surface area (Å²) in [7, 11) is 0. The van der Waals surface area contributed by atoms with Crippen LogP contribution in [-0.4, -0.2) is 36.0 Å². The predicted octanol–water partition coefficient (Wildman–Crippen LogP) is 3.37. The van der Waals surface area contributed by atoms with Gasteiger partial charge in [-0.15, -0.1) is 0 Å². The van der Waals surface area contributed by atoms with Crippen LogP contribution in [0.25, 0.3) is 0 Å². The maximum atomic E-state index is 13.0. The minimum atomic E-state index is -0.417. The number of halogens is 1. The van der Waals surface area contributed by atoms with Crippen LogP contribution in [0.3, 0.4) is 0 Å². The number of hydrogen-bond donors (Lipinski definition) is 2. The van der Waals surface area contributed by atoms with E-state index in [2.05, 4.69) is 15.6 Å². The maximum absolute atomic E-state index is 13.0. The summed E-state index contributed by atoms with van der Waals surface area (Å²) in [6.07, 6.45) is 2.79. The molecule has 0 atom stereocenters. The number of hydrogen-bond acceptors (Lipinski definition) is 4. The maximum Gasteiger partial charge on any atom is 0.269 e. The van der Waals surface area contributed by atoms with E-state index in [4.69, 9.17) is 0 Å². The second kappa shape index (κ2) is 11.2. The van der Waals surface area contributed by atoms with E-state index in [-0.39, 0.29) is 11.5 Å². The molecule has 2 aromatic rings. The highest BCUT2D eigenvalue weighted by molar-refractivity contribution is 7.98. The van der Waals surface area contributed by atoms with Gasteiger partial charge in [-0.05, 0) is 35.9 Å². The van der Waals surface area contributed by atoms with Crippen LogP contribution < -0.4 is 10.6 Å². The topological polar surface area (TPSA) is 79.6 Å². The van der Waals surface area contributed by atoms with E-state index in [1.165, 1.54) is 24.3 Å². The van der Waals surface area contributed by atoms with Gasteiger partial charge in [-0.25, -0.2) is 9.38 Å². The lowest BCUT2D eigenvalue weighted by atomic mass is 10.1. The second-order valence-electron chi connectivity index (χ2n) is 5.81. The number of benzene rings is 2. The minimum absolute atomic E-state index is 0.0680. The molecule has 27 heavy (non-hydrogen) atoms. The molecule has 0 saturated heterocycles. The summed E-state index contributed by atoms with van der Waals surface area (Å²) in [4.78, 5) is 14.8. The number of nitro benzene ring substituents is 1. The Morgan fingerprint density at radius 2 is 1.70 bits per heavy atom. The Hall–Kier alpha value is -2.61. The van der Waals surface area contributed by atoms with Crippen LogP contribution in [0, 0.1) is 15.9 Å². The Morgan fingerprint density at radius 1 is 1.07 bits per heavy atom. The van der Waals surface area contributed by atoms with Crippen LogP contribution in [0.1, 0.15) is 11.1 Å². The van der Waals surface area contributed by atoms with Gasteiger partial charge in [-0.3, -0.25) is 10.1 Å². The number of rotatable bonds is 9. The molecule has 2 N–H and O–H groups in total. The molecule has 144 valence electrons. The molecule has 8 heteroatoms. The van der Waals surface area contributed by atoms with Gasteiger partial charge < -0.3 is 10.6 Å². The van der Waals surface area contributed by atoms with Crippen LogP contribution in [0.5, 0.6) is 0 Å². The third-order valence-electron chi connectivity index (χ3n) is 3.78. The molecule has 0 aliphatic heterocycles. The Labute approximate surface area is 162 Å². The molecule has 2 rings (SSSR count). The molecule has 0 amide bonds. The summed E-state index contributed by atoms with van der Waals surface area (Å²) in [6, 6.07) is 12.8. The van der Waals surface area contributed by atoms with E-state index in [0.29, 0.717) is 19.0 Å². The lowest BCUT2D eigenvalue weighted by molar-refractivity contribution is -0.384. The van der Waals surface area contributed by atoms with Crippen molar-refractivity contribution in [3.63, 3.8) is 0 Å². The molecular formula is C19H23FN4O2S. The Morgan fingerprint density at radius 3 is 2.33 bits per heavy atom. The zero-order chi connectivity index (χ0) is 19.5. The van der Waals surface area contributed by atoms with E-state index >= 15 is 0 Å². The van der Waals surface area contributed by atoms with Crippen LogP contribution >= 0.6 is 11.8 Å². The van der Waals surface area contributed by atoms with Crippen molar-refractivity contribution in [2.45, 2.75) is 13.0 Å². The molecule has 6 nitrogen and oxygen atoms in total. The monoisotopic (exact) mass is 390 g/mol. The van der Waals surface area contributed by atoms with Crippen molar-refractivity contribution in [1.82, 2.24) is 10.6 Å². The van der Waals surface area contributed by atoms with E-state index in [1.54, 1.807) is 36.0 Å². The highest BCUT2D eigenvalue weighted by atomic mass is 32.2. The molecule has 0 aromatic heterocycles. The number of non-ortho nitro benzene ring substituents is 1. The van der Waals surface area contributed by atoms with Crippen molar-refractivity contribution < 1.29 is 9.31 Å². The number of nitrogens with zero attached hydrogens (tertiary/aromatic N) is 2. The fourth-order valence-corrected chi connectivity index (χ4v) is 2.62. The van der Waals surface area contributed by atoms with E-state index in [9.17, 15) is 14.5 Å². The quantitative estimate of drug-likeness (QED) is 0.226. The van der Waals surface area contributed by atoms with Crippen molar-refractivity contribution in [2.75, 3.05) is 25.1 Å². The predicted molar refractivity (Wildman–Crippen MR) is 109 cm³/mol. The Bertz CT molecular complexity index is 751. The van der Waals surface area contributed by atoms with E-state index < -0.39 is 4.92 Å². The summed E-state index contributed by atoms with van der Waals surface area (Å²) in [5.41, 5.74) is 2.01. The van der Waals surface area contributed by atoms with Gasteiger partial charge in [0.05, 0.1) is 11.5 Å². The van der Waals surface area contributed by atoms with Gasteiger partial charge in [-0.2, -0.15) is 11.8 Å². The lowest BCUT2D eigenvalue weighted by Gasteiger charge is -2.12. The van der Waals surface area contributed by atoms with Gasteiger partial charge in [0.2, 0.25) is 0 Å². The first-order valence-corrected chi connectivity index (χ1v) is 9.97. The molecule has 0 fully saturated rings. The molecule has 0 bridgehead atoms. The van der Waals surface area contributed by atoms with Gasteiger partial charge in [0.1, 0.15) is 5.82 Å². The minimum Gasteiger partial charge on any atom is -0.356 e. The largest absolute Gasteiger partial charge is 0.356 e. The number of guanidine groups is 1. The van der Waals surface area contributed by atoms with Gasteiger partial charge in [0.15, 0.2) is 5.96 Å². The fraction of sp³-hybridized carbons (Fsp3) is 0.316. The van der Waals surface area contributed by atoms with Gasteiger partial charge in [0, 0.05) is 31.0 Å². The number of aliphatic imine (C=N–C) groups is 1. The molecule has 0 radical (unpaired) electrons. The fourth-order valence-electron chi connectivity index (χ4n) is 2.32. The molecule has 0 heterocycles. The van der Waals surface area contributed by atoms with Crippen molar-refractivity contribution in [3.8, 4) is 0 Å². The van der Waals surface area contributed by atoms with Crippen LogP contribution in [0.4, 0.5) is 10.1 Å². The molecule has 0 saturated carbocycles. The first kappa shape index (κ1) is 20.7. The number of nitrogens with one attached hydrogen (secondary N) is 2. The Kier molecular flexibility index (Phi) is 8.57. The van der Waals surface area contributed by atoms with Crippen LogP contribution in [-0.2, 0) is 13.0 Å². The summed E-state index contributed by atoms with van der Waals surface area (Å²) in [6.45, 7) is 1.87. The Balaban J connectivity index is 1.91. The standard InChI is InChI=1S/C19H23FN4O2S/c1-27-13-12-22-19(21-11-10-15-2-6-17(20)7-3-15)23-14-16-4-8-18(9-5-16)24(25)26/h2-9H,10-14H2,1H3,(H2,21,22,23). The number of nitro groups is 1. The second-order valence-corrected chi connectivity index (χ2v) is 6.80. The molecule has 0 aliphatic carbocycles. The van der Waals surface area contributed by atoms with Gasteiger partial charge in [-0.1, -0.05) is 24.3 Å². The normalized spacial score (nSPS) is 11.3. The zero-order valence-corrected chi connectivity index (χ0v) is 16.0. The molecule has 0 unspecified atom stereocenters. The van der Waals surface area contributed by atoms with Crippen molar-refractivity contribution in [2.24, 2.45) is 4.99 Å². The third kappa shape index (κ3) is 7.65. The third-order valence-corrected chi connectivity index (χ3v) is 4.40. The molecule has 2 aromatic carbocycles.